The van der Waals surface area contributed by atoms with Gasteiger partial charge in [0, 0.05) is 6.26 Å². The summed E-state index contributed by atoms with van der Waals surface area (Å²) in [4.78, 5) is 11.8. The van der Waals surface area contributed by atoms with Crippen LogP contribution < -0.4 is 0 Å². The van der Waals surface area contributed by atoms with Crippen LogP contribution in [0.15, 0.2) is 34.7 Å². The highest BCUT2D eigenvalue weighted by molar-refractivity contribution is 7.90. The fraction of sp³-hybridized carbons (Fsp3) is 0.471. The molecule has 1 fully saturated rings. The minimum Gasteiger partial charge on any atom is -0.478 e. The number of carboxylic acid groups (broad SMARTS) is 1. The van der Waals surface area contributed by atoms with E-state index in [-0.39, 0.29) is 23.3 Å². The standard InChI is InChI=1S/C17H20F2O4S/c1-3-13(11-8-14(18)15(19)9-11)16(17(20)21)10-4-6-12(7-5-10)24(2,22)23/h4-7,11,14-15H,3,8-9H2,1-2H3,(H,20,21)/b16-13+. The lowest BCUT2D eigenvalue weighted by Gasteiger charge is -2.17. The van der Waals surface area contributed by atoms with Crippen molar-refractivity contribution in [3.8, 4) is 0 Å². The number of hydrogen-bond acceptors (Lipinski definition) is 3. The Hall–Kier alpha value is -1.76. The zero-order valence-corrected chi connectivity index (χ0v) is 14.3. The van der Waals surface area contributed by atoms with Crippen molar-refractivity contribution in [2.45, 2.75) is 43.4 Å². The zero-order chi connectivity index (χ0) is 18.1. The quantitative estimate of drug-likeness (QED) is 0.819. The molecule has 0 amide bonds. The highest BCUT2D eigenvalue weighted by Crippen LogP contribution is 2.40. The van der Waals surface area contributed by atoms with Gasteiger partial charge in [-0.1, -0.05) is 24.6 Å². The third-order valence-corrected chi connectivity index (χ3v) is 5.52. The van der Waals surface area contributed by atoms with Crippen LogP contribution in [0.3, 0.4) is 0 Å². The number of hydrogen-bond donors (Lipinski definition) is 1. The maximum absolute atomic E-state index is 13.5. The topological polar surface area (TPSA) is 71.4 Å². The maximum atomic E-state index is 13.5. The summed E-state index contributed by atoms with van der Waals surface area (Å²) < 4.78 is 50.0. The Bertz CT molecular complexity index is 743. The number of carbonyl (C=O) groups is 1. The molecule has 2 rings (SSSR count). The molecule has 1 aromatic carbocycles. The molecule has 1 saturated carbocycles. The molecule has 2 atom stereocenters. The number of aliphatic carboxylic acids is 1. The largest absolute Gasteiger partial charge is 0.478 e. The van der Waals surface area contributed by atoms with E-state index in [1.807, 2.05) is 0 Å². The Kier molecular flexibility index (Phi) is 5.42. The van der Waals surface area contributed by atoms with Gasteiger partial charge in [0.1, 0.15) is 12.3 Å². The Morgan fingerprint density at radius 1 is 1.17 bits per heavy atom. The molecule has 7 heteroatoms. The maximum Gasteiger partial charge on any atom is 0.336 e. The summed E-state index contributed by atoms with van der Waals surface area (Å²) in [6, 6.07) is 5.52. The van der Waals surface area contributed by atoms with Gasteiger partial charge in [0.25, 0.3) is 0 Å². The van der Waals surface area contributed by atoms with E-state index in [0.29, 0.717) is 17.6 Å². The second-order valence-corrected chi connectivity index (χ2v) is 8.07. The molecule has 0 heterocycles. The van der Waals surface area contributed by atoms with E-state index >= 15 is 0 Å². The van der Waals surface area contributed by atoms with Crippen molar-refractivity contribution in [2.75, 3.05) is 6.26 Å². The summed E-state index contributed by atoms with van der Waals surface area (Å²) in [5.74, 6) is -1.64. The number of benzene rings is 1. The molecule has 0 spiro atoms. The molecule has 1 aliphatic rings. The fourth-order valence-corrected chi connectivity index (χ4v) is 3.83. The molecule has 0 saturated heterocycles. The van der Waals surface area contributed by atoms with E-state index in [2.05, 4.69) is 0 Å². The third-order valence-electron chi connectivity index (χ3n) is 4.39. The highest BCUT2D eigenvalue weighted by Gasteiger charge is 2.37. The third kappa shape index (κ3) is 3.83. The molecular formula is C17H20F2O4S. The van der Waals surface area contributed by atoms with Crippen LogP contribution in [0.4, 0.5) is 8.78 Å². The van der Waals surface area contributed by atoms with E-state index in [1.165, 1.54) is 24.3 Å². The van der Waals surface area contributed by atoms with Gasteiger partial charge in [0.2, 0.25) is 0 Å². The van der Waals surface area contributed by atoms with Crippen molar-refractivity contribution in [1.82, 2.24) is 0 Å². The average molecular weight is 358 g/mol. The Morgan fingerprint density at radius 2 is 1.67 bits per heavy atom. The molecule has 24 heavy (non-hydrogen) atoms. The van der Waals surface area contributed by atoms with Gasteiger partial charge >= 0.3 is 5.97 Å². The van der Waals surface area contributed by atoms with Crippen molar-refractivity contribution in [3.63, 3.8) is 0 Å². The van der Waals surface area contributed by atoms with Crippen molar-refractivity contribution in [1.29, 1.82) is 0 Å². The van der Waals surface area contributed by atoms with Crippen LogP contribution in [0.2, 0.25) is 0 Å². The smallest absolute Gasteiger partial charge is 0.336 e. The molecule has 0 radical (unpaired) electrons. The van der Waals surface area contributed by atoms with Gasteiger partial charge in [-0.25, -0.2) is 22.0 Å². The van der Waals surface area contributed by atoms with Gasteiger partial charge in [-0.3, -0.25) is 0 Å². The predicted molar refractivity (Wildman–Crippen MR) is 86.9 cm³/mol. The van der Waals surface area contributed by atoms with E-state index in [1.54, 1.807) is 6.92 Å². The van der Waals surface area contributed by atoms with Gasteiger partial charge in [-0.2, -0.15) is 0 Å². The van der Waals surface area contributed by atoms with Gasteiger partial charge in [0.05, 0.1) is 10.5 Å². The van der Waals surface area contributed by atoms with Crippen LogP contribution in [0.25, 0.3) is 5.57 Å². The van der Waals surface area contributed by atoms with Gasteiger partial charge in [0.15, 0.2) is 9.84 Å². The minimum atomic E-state index is -3.38. The summed E-state index contributed by atoms with van der Waals surface area (Å²) >= 11 is 0. The number of carboxylic acids is 1. The Balaban J connectivity index is 2.49. The Morgan fingerprint density at radius 3 is 2.04 bits per heavy atom. The highest BCUT2D eigenvalue weighted by atomic mass is 32.2. The van der Waals surface area contributed by atoms with Gasteiger partial charge < -0.3 is 5.11 Å². The second kappa shape index (κ2) is 7.01. The number of sulfone groups is 1. The first kappa shape index (κ1) is 18.6. The first-order valence-electron chi connectivity index (χ1n) is 7.70. The zero-order valence-electron chi connectivity index (χ0n) is 13.5. The number of rotatable bonds is 5. The Labute approximate surface area is 140 Å². The minimum absolute atomic E-state index is 0.00357. The predicted octanol–water partition coefficient (Wildman–Crippen LogP) is 3.42. The van der Waals surface area contributed by atoms with Crippen LogP contribution in [0, 0.1) is 5.92 Å². The lowest BCUT2D eigenvalue weighted by molar-refractivity contribution is -0.130. The summed E-state index contributed by atoms with van der Waals surface area (Å²) in [6.07, 6.45) is -1.77. The lowest BCUT2D eigenvalue weighted by Crippen LogP contribution is -2.10. The van der Waals surface area contributed by atoms with Crippen LogP contribution in [0.5, 0.6) is 0 Å². The van der Waals surface area contributed by atoms with Crippen molar-refractivity contribution in [2.24, 2.45) is 5.92 Å². The van der Waals surface area contributed by atoms with Crippen molar-refractivity contribution in [3.05, 3.63) is 35.4 Å². The molecule has 1 aromatic rings. The molecule has 2 unspecified atom stereocenters. The first-order chi connectivity index (χ1) is 11.1. The SMILES string of the molecule is CC/C(=C(\C(=O)O)c1ccc(S(C)(=O)=O)cc1)C1CC(F)C(F)C1. The van der Waals surface area contributed by atoms with E-state index in [9.17, 15) is 27.1 Å². The van der Waals surface area contributed by atoms with E-state index in [0.717, 1.165) is 6.26 Å². The second-order valence-electron chi connectivity index (χ2n) is 6.06. The summed E-state index contributed by atoms with van der Waals surface area (Å²) in [7, 11) is -3.38. The lowest BCUT2D eigenvalue weighted by atomic mass is 9.87. The summed E-state index contributed by atoms with van der Waals surface area (Å²) in [6.45, 7) is 1.75. The number of alkyl halides is 2. The average Bonchev–Trinajstić information content (AvgIpc) is 2.82. The molecule has 4 nitrogen and oxygen atoms in total. The molecular weight excluding hydrogens is 338 g/mol. The molecule has 0 aromatic heterocycles. The molecule has 1 aliphatic carbocycles. The molecule has 1 N–H and O–H groups in total. The van der Waals surface area contributed by atoms with E-state index < -0.39 is 34.1 Å². The van der Waals surface area contributed by atoms with Gasteiger partial charge in [-0.15, -0.1) is 0 Å². The number of halogens is 2. The van der Waals surface area contributed by atoms with Crippen LogP contribution in [0.1, 0.15) is 31.7 Å². The van der Waals surface area contributed by atoms with Crippen LogP contribution in [-0.2, 0) is 14.6 Å². The monoisotopic (exact) mass is 358 g/mol. The normalized spacial score (nSPS) is 25.4. The van der Waals surface area contributed by atoms with Crippen molar-refractivity contribution < 1.29 is 27.1 Å². The first-order valence-corrected chi connectivity index (χ1v) is 9.59. The summed E-state index contributed by atoms with van der Waals surface area (Å²) in [5, 5.41) is 9.59. The van der Waals surface area contributed by atoms with Gasteiger partial charge in [-0.05, 0) is 42.9 Å². The molecule has 0 bridgehead atoms. The molecule has 132 valence electrons. The summed E-state index contributed by atoms with van der Waals surface area (Å²) in [5.41, 5.74) is 0.839. The molecule has 0 aliphatic heterocycles. The fourth-order valence-electron chi connectivity index (χ4n) is 3.20. The van der Waals surface area contributed by atoms with Crippen molar-refractivity contribution >= 4 is 21.4 Å². The number of allylic oxidation sites excluding steroid dienone is 1. The van der Waals surface area contributed by atoms with Crippen LogP contribution in [-0.4, -0.2) is 38.1 Å². The van der Waals surface area contributed by atoms with Crippen LogP contribution >= 0.6 is 0 Å². The van der Waals surface area contributed by atoms with E-state index in [4.69, 9.17) is 0 Å².